The quantitative estimate of drug-likeness (QED) is 0.907. The molecule has 1 heterocycles. The number of carbonyl (C=O) groups is 1. The van der Waals surface area contributed by atoms with Crippen LogP contribution in [0.5, 0.6) is 0 Å². The molecule has 0 saturated heterocycles. The smallest absolute Gasteiger partial charge is 0.263 e. The van der Waals surface area contributed by atoms with Gasteiger partial charge in [0.25, 0.3) is 5.91 Å². The van der Waals surface area contributed by atoms with Crippen molar-refractivity contribution in [3.05, 3.63) is 46.0 Å². The minimum absolute atomic E-state index is 0.111. The number of amides is 1. The molecule has 1 amide bonds. The Morgan fingerprint density at radius 1 is 1.47 bits per heavy atom. The summed E-state index contributed by atoms with van der Waals surface area (Å²) in [5, 5.41) is 2.90. The molecule has 1 aromatic heterocycles. The number of halogens is 2. The minimum Gasteiger partial charge on any atom is -0.375 e. The van der Waals surface area contributed by atoms with E-state index in [4.69, 9.17) is 5.73 Å². The lowest BCUT2D eigenvalue weighted by molar-refractivity contribution is 0.0954. The second-order valence-electron chi connectivity index (χ2n) is 3.89. The zero-order valence-corrected chi connectivity index (χ0v) is 10.9. The molecule has 0 saturated carbocycles. The number of nitrogens with one attached hydrogen (secondary N) is 1. The molecule has 1 aromatic carbocycles. The van der Waals surface area contributed by atoms with Crippen molar-refractivity contribution in [2.75, 3.05) is 5.73 Å². The highest BCUT2D eigenvalue weighted by atomic mass is 32.1. The Kier molecular flexibility index (Phi) is 3.75. The molecule has 0 atom stereocenters. The fraction of sp³-hybridized carbons (Fsp3) is 0.167. The molecular formula is C12H11F2N3OS. The Hall–Kier alpha value is -2.02. The molecule has 0 unspecified atom stereocenters. The zero-order chi connectivity index (χ0) is 14.0. The Morgan fingerprint density at radius 3 is 2.84 bits per heavy atom. The first-order chi connectivity index (χ1) is 8.99. The van der Waals surface area contributed by atoms with Gasteiger partial charge in [0.1, 0.15) is 4.88 Å². The molecule has 0 bridgehead atoms. The zero-order valence-electron chi connectivity index (χ0n) is 10.0. The molecule has 7 heteroatoms. The molecule has 100 valence electrons. The molecular weight excluding hydrogens is 272 g/mol. The Labute approximate surface area is 112 Å². The van der Waals surface area contributed by atoms with Crippen molar-refractivity contribution < 1.29 is 13.6 Å². The summed E-state index contributed by atoms with van der Waals surface area (Å²) in [6.45, 7) is 1.57. The van der Waals surface area contributed by atoms with Crippen molar-refractivity contribution in [3.63, 3.8) is 0 Å². The summed E-state index contributed by atoms with van der Waals surface area (Å²) in [7, 11) is 0. The van der Waals surface area contributed by atoms with Crippen LogP contribution in [-0.2, 0) is 6.54 Å². The van der Waals surface area contributed by atoms with Crippen LogP contribution in [0.2, 0.25) is 0 Å². The van der Waals surface area contributed by atoms with Crippen LogP contribution >= 0.6 is 11.3 Å². The lowest BCUT2D eigenvalue weighted by Gasteiger charge is -2.08. The summed E-state index contributed by atoms with van der Waals surface area (Å²) in [5.74, 6) is -2.14. The van der Waals surface area contributed by atoms with E-state index in [1.54, 1.807) is 0 Å². The third kappa shape index (κ3) is 2.87. The number of carbonyl (C=O) groups excluding carboxylic acids is 1. The number of hydrogen-bond donors (Lipinski definition) is 2. The van der Waals surface area contributed by atoms with Crippen LogP contribution in [0.15, 0.2) is 18.3 Å². The monoisotopic (exact) mass is 283 g/mol. The molecule has 0 fully saturated rings. The number of rotatable bonds is 3. The minimum atomic E-state index is -0.900. The number of nitrogens with zero attached hydrogens (tertiary/aromatic N) is 1. The fourth-order valence-electron chi connectivity index (χ4n) is 1.54. The van der Waals surface area contributed by atoms with Crippen LogP contribution in [0, 0.1) is 18.6 Å². The van der Waals surface area contributed by atoms with E-state index < -0.39 is 11.6 Å². The summed E-state index contributed by atoms with van der Waals surface area (Å²) in [5.41, 5.74) is 6.12. The predicted octanol–water partition coefficient (Wildman–Crippen LogP) is 2.24. The highest BCUT2D eigenvalue weighted by Crippen LogP contribution is 2.17. The average molecular weight is 283 g/mol. The molecule has 0 aliphatic heterocycles. The van der Waals surface area contributed by atoms with Gasteiger partial charge in [0.2, 0.25) is 0 Å². The van der Waals surface area contributed by atoms with E-state index in [-0.39, 0.29) is 18.0 Å². The number of nitrogens with two attached hydrogens (primary N) is 1. The summed E-state index contributed by atoms with van der Waals surface area (Å²) < 4.78 is 26.3. The number of benzene rings is 1. The maximum Gasteiger partial charge on any atom is 0.263 e. The highest BCUT2D eigenvalue weighted by molar-refractivity contribution is 7.17. The van der Waals surface area contributed by atoms with Crippen molar-refractivity contribution in [1.82, 2.24) is 10.3 Å². The van der Waals surface area contributed by atoms with E-state index in [1.807, 2.05) is 0 Å². The molecule has 0 aliphatic carbocycles. The maximum atomic E-state index is 13.3. The van der Waals surface area contributed by atoms with Crippen LogP contribution in [0.1, 0.15) is 20.8 Å². The lowest BCUT2D eigenvalue weighted by Crippen LogP contribution is -2.22. The van der Waals surface area contributed by atoms with Gasteiger partial charge in [0.05, 0.1) is 6.20 Å². The first-order valence-corrected chi connectivity index (χ1v) is 6.23. The Bertz CT molecular complexity index is 627. The number of hydrogen-bond acceptors (Lipinski definition) is 4. The fourth-order valence-corrected chi connectivity index (χ4v) is 2.14. The Balaban J connectivity index is 2.07. The van der Waals surface area contributed by atoms with E-state index >= 15 is 0 Å². The van der Waals surface area contributed by atoms with Crippen LogP contribution < -0.4 is 11.1 Å². The van der Waals surface area contributed by atoms with Gasteiger partial charge >= 0.3 is 0 Å². The largest absolute Gasteiger partial charge is 0.375 e. The van der Waals surface area contributed by atoms with Crippen LogP contribution in [-0.4, -0.2) is 10.9 Å². The summed E-state index contributed by atoms with van der Waals surface area (Å²) in [6.07, 6.45) is 1.37. The molecule has 0 radical (unpaired) electrons. The van der Waals surface area contributed by atoms with Gasteiger partial charge in [-0.3, -0.25) is 4.79 Å². The summed E-state index contributed by atoms with van der Waals surface area (Å²) >= 11 is 1.06. The summed E-state index contributed by atoms with van der Waals surface area (Å²) in [6, 6.07) is 2.48. The highest BCUT2D eigenvalue weighted by Gasteiger charge is 2.12. The standard InChI is InChI=1S/C12H11F2N3OS/c1-6-7(2-3-8(13)10(6)14)4-16-11(18)9-5-17-12(15)19-9/h2-3,5H,4H2,1H3,(H2,15,17)(H,16,18). The van der Waals surface area contributed by atoms with Crippen LogP contribution in [0.4, 0.5) is 13.9 Å². The van der Waals surface area contributed by atoms with Gasteiger partial charge in [-0.1, -0.05) is 17.4 Å². The second-order valence-corrected chi connectivity index (χ2v) is 4.95. The van der Waals surface area contributed by atoms with E-state index in [1.165, 1.54) is 19.2 Å². The van der Waals surface area contributed by atoms with Gasteiger partial charge in [-0.2, -0.15) is 0 Å². The number of anilines is 1. The van der Waals surface area contributed by atoms with Gasteiger partial charge in [0, 0.05) is 6.54 Å². The van der Waals surface area contributed by atoms with E-state index in [0.717, 1.165) is 17.4 Å². The van der Waals surface area contributed by atoms with Crippen molar-refractivity contribution in [2.24, 2.45) is 0 Å². The summed E-state index contributed by atoms with van der Waals surface area (Å²) in [4.78, 5) is 15.9. The molecule has 2 rings (SSSR count). The molecule has 2 aromatic rings. The van der Waals surface area contributed by atoms with Crippen molar-refractivity contribution in [2.45, 2.75) is 13.5 Å². The Morgan fingerprint density at radius 2 is 2.21 bits per heavy atom. The number of thiazole rings is 1. The first-order valence-electron chi connectivity index (χ1n) is 5.42. The van der Waals surface area contributed by atoms with Gasteiger partial charge in [-0.25, -0.2) is 13.8 Å². The molecule has 0 spiro atoms. The first kappa shape index (κ1) is 13.4. The number of nitrogen functional groups attached to an aromatic ring is 1. The van der Waals surface area contributed by atoms with Crippen LogP contribution in [0.3, 0.4) is 0 Å². The SMILES string of the molecule is Cc1c(CNC(=O)c2cnc(N)s2)ccc(F)c1F. The molecule has 0 aliphatic rings. The van der Waals surface area contributed by atoms with Crippen LogP contribution in [0.25, 0.3) is 0 Å². The molecule has 4 nitrogen and oxygen atoms in total. The van der Waals surface area contributed by atoms with Gasteiger partial charge in [-0.15, -0.1) is 0 Å². The third-order valence-electron chi connectivity index (χ3n) is 2.64. The third-order valence-corrected chi connectivity index (χ3v) is 3.46. The topological polar surface area (TPSA) is 68.0 Å². The van der Waals surface area contributed by atoms with Crippen molar-refractivity contribution in [1.29, 1.82) is 0 Å². The van der Waals surface area contributed by atoms with E-state index in [9.17, 15) is 13.6 Å². The average Bonchev–Trinajstić information content (AvgIpc) is 2.81. The normalized spacial score (nSPS) is 10.5. The van der Waals surface area contributed by atoms with Crippen molar-refractivity contribution in [3.8, 4) is 0 Å². The molecule has 19 heavy (non-hydrogen) atoms. The van der Waals surface area contributed by atoms with E-state index in [0.29, 0.717) is 15.6 Å². The predicted molar refractivity (Wildman–Crippen MR) is 68.8 cm³/mol. The van der Waals surface area contributed by atoms with Gasteiger partial charge in [-0.05, 0) is 24.1 Å². The molecule has 3 N–H and O–H groups in total. The van der Waals surface area contributed by atoms with Gasteiger partial charge in [0.15, 0.2) is 16.8 Å². The van der Waals surface area contributed by atoms with Crippen molar-refractivity contribution >= 4 is 22.4 Å². The number of aromatic nitrogens is 1. The second kappa shape index (κ2) is 5.31. The lowest BCUT2D eigenvalue weighted by atomic mass is 10.1. The van der Waals surface area contributed by atoms with Gasteiger partial charge < -0.3 is 11.1 Å². The maximum absolute atomic E-state index is 13.3. The van der Waals surface area contributed by atoms with E-state index in [2.05, 4.69) is 10.3 Å².